The Bertz CT molecular complexity index is 1100. The number of allylic oxidation sites excluding steroid dienone is 2. The number of H-pyrrole nitrogens is 1. The van der Waals surface area contributed by atoms with E-state index in [-0.39, 0.29) is 40.9 Å². The van der Waals surface area contributed by atoms with Crippen LogP contribution in [0.2, 0.25) is 0 Å². The molecule has 3 heterocycles. The molecule has 2 N–H and O–H groups in total. The number of aromatic amines is 1. The number of fused-ring (bicyclic) bond motifs is 10. The number of rotatable bonds is 0. The van der Waals surface area contributed by atoms with Gasteiger partial charge in [0.1, 0.15) is 0 Å². The summed E-state index contributed by atoms with van der Waals surface area (Å²) in [5.74, 6) is -0.497. The number of thiophene rings is 1. The molecule has 28 heavy (non-hydrogen) atoms. The molecule has 0 saturated carbocycles. The van der Waals surface area contributed by atoms with Crippen molar-refractivity contribution < 1.29 is 9.59 Å². The van der Waals surface area contributed by atoms with Crippen LogP contribution in [0.1, 0.15) is 65.1 Å². The van der Waals surface area contributed by atoms with Crippen molar-refractivity contribution >= 4 is 35.3 Å². The quantitative estimate of drug-likeness (QED) is 0.662. The molecule has 2 amide bonds. The van der Waals surface area contributed by atoms with E-state index in [0.29, 0.717) is 0 Å². The van der Waals surface area contributed by atoms with Crippen molar-refractivity contribution in [1.82, 2.24) is 10.3 Å². The minimum absolute atomic E-state index is 0.0392. The van der Waals surface area contributed by atoms with E-state index in [0.717, 1.165) is 35.4 Å². The number of aryl methyl sites for hydroxylation is 1. The van der Waals surface area contributed by atoms with Crippen LogP contribution in [0.4, 0.5) is 0 Å². The third-order valence-corrected chi connectivity index (χ3v) is 8.02. The van der Waals surface area contributed by atoms with E-state index in [1.165, 1.54) is 10.4 Å². The summed E-state index contributed by atoms with van der Waals surface area (Å²) in [5.41, 5.74) is 5.63. The average molecular weight is 391 g/mol. The smallest absolute Gasteiger partial charge is 0.235 e. The van der Waals surface area contributed by atoms with Gasteiger partial charge >= 0.3 is 0 Å². The minimum atomic E-state index is -0.372. The molecule has 0 spiro atoms. The standard InChI is InChI=1S/C23H22N2O2S/c1-23(2)8-5-11-14(6-9-23)24-20-16-12-7-10-28-15(12)4-3-13(16)18-19(17(11)20)22(27)25-21(18)26/h5-10,13,16,18-19,24H,3-4H2,1-2H3,(H,25,26,27). The lowest BCUT2D eigenvalue weighted by molar-refractivity contribution is -0.126. The SMILES string of the molecule is CC1(C)C=Cc2[nH]c3c(c2C=C1)C1C(=O)NC(=O)C1C1CCc2sccc2C31. The van der Waals surface area contributed by atoms with Gasteiger partial charge in [-0.2, -0.15) is 0 Å². The predicted molar refractivity (Wildman–Crippen MR) is 110 cm³/mol. The van der Waals surface area contributed by atoms with Gasteiger partial charge in [0.2, 0.25) is 11.8 Å². The van der Waals surface area contributed by atoms with E-state index in [1.807, 2.05) is 11.3 Å². The Hall–Kier alpha value is -2.40. The summed E-state index contributed by atoms with van der Waals surface area (Å²) in [4.78, 5) is 30.8. The van der Waals surface area contributed by atoms with E-state index in [9.17, 15) is 9.59 Å². The van der Waals surface area contributed by atoms with Gasteiger partial charge in [-0.3, -0.25) is 14.9 Å². The van der Waals surface area contributed by atoms with Crippen LogP contribution in [0.15, 0.2) is 23.6 Å². The first-order valence-corrected chi connectivity index (χ1v) is 10.9. The zero-order chi connectivity index (χ0) is 19.2. The molecule has 2 aromatic heterocycles. The molecule has 0 bridgehead atoms. The van der Waals surface area contributed by atoms with Crippen LogP contribution in [0, 0.1) is 17.3 Å². The Balaban J connectivity index is 1.64. The van der Waals surface area contributed by atoms with Crippen LogP contribution in [0.25, 0.3) is 12.2 Å². The van der Waals surface area contributed by atoms with Gasteiger partial charge in [0.15, 0.2) is 0 Å². The van der Waals surface area contributed by atoms with Crippen molar-refractivity contribution in [3.8, 4) is 0 Å². The lowest BCUT2D eigenvalue weighted by atomic mass is 9.61. The van der Waals surface area contributed by atoms with Gasteiger partial charge in [-0.25, -0.2) is 0 Å². The number of carbonyl (C=O) groups excluding carboxylic acids is 2. The molecule has 3 aliphatic carbocycles. The molecule has 1 fully saturated rings. The summed E-state index contributed by atoms with van der Waals surface area (Å²) in [6.45, 7) is 4.34. The maximum absolute atomic E-state index is 12.9. The molecule has 4 aliphatic rings. The number of nitrogens with one attached hydrogen (secondary N) is 2. The maximum atomic E-state index is 12.9. The van der Waals surface area contributed by atoms with Crippen molar-refractivity contribution in [3.63, 3.8) is 0 Å². The van der Waals surface area contributed by atoms with E-state index < -0.39 is 0 Å². The van der Waals surface area contributed by atoms with Gasteiger partial charge < -0.3 is 4.98 Å². The Labute approximate surface area is 167 Å². The second-order valence-electron chi connectivity index (χ2n) is 9.10. The topological polar surface area (TPSA) is 62.0 Å². The highest BCUT2D eigenvalue weighted by molar-refractivity contribution is 7.10. The monoisotopic (exact) mass is 390 g/mol. The normalized spacial score (nSPS) is 31.4. The third-order valence-electron chi connectivity index (χ3n) is 7.02. The highest BCUT2D eigenvalue weighted by Crippen LogP contribution is 2.57. The zero-order valence-electron chi connectivity index (χ0n) is 15.9. The molecule has 0 aromatic carbocycles. The van der Waals surface area contributed by atoms with Crippen molar-refractivity contribution in [3.05, 3.63) is 56.6 Å². The average Bonchev–Trinajstić information content (AvgIpc) is 3.31. The molecule has 2 aromatic rings. The van der Waals surface area contributed by atoms with E-state index >= 15 is 0 Å². The second kappa shape index (κ2) is 5.35. The van der Waals surface area contributed by atoms with E-state index in [2.05, 4.69) is 59.9 Å². The fraction of sp³-hybridized carbons (Fsp3) is 0.391. The molecule has 142 valence electrons. The van der Waals surface area contributed by atoms with Crippen molar-refractivity contribution in [2.75, 3.05) is 0 Å². The van der Waals surface area contributed by atoms with E-state index in [4.69, 9.17) is 0 Å². The van der Waals surface area contributed by atoms with Gasteiger partial charge in [0.25, 0.3) is 0 Å². The fourth-order valence-electron chi connectivity index (χ4n) is 5.74. The molecule has 1 aliphatic heterocycles. The molecule has 4 unspecified atom stereocenters. The highest BCUT2D eigenvalue weighted by Gasteiger charge is 2.56. The zero-order valence-corrected chi connectivity index (χ0v) is 16.7. The summed E-state index contributed by atoms with van der Waals surface area (Å²) in [7, 11) is 0. The summed E-state index contributed by atoms with van der Waals surface area (Å²) in [6.07, 6.45) is 10.6. The number of carbonyl (C=O) groups is 2. The van der Waals surface area contributed by atoms with Crippen molar-refractivity contribution in [1.29, 1.82) is 0 Å². The number of aromatic nitrogens is 1. The van der Waals surface area contributed by atoms with Gasteiger partial charge in [0.05, 0.1) is 11.8 Å². The second-order valence-corrected chi connectivity index (χ2v) is 10.1. The summed E-state index contributed by atoms with van der Waals surface area (Å²) < 4.78 is 0. The van der Waals surface area contributed by atoms with Gasteiger partial charge in [0, 0.05) is 33.2 Å². The lowest BCUT2D eigenvalue weighted by Gasteiger charge is -2.41. The van der Waals surface area contributed by atoms with E-state index in [1.54, 1.807) is 0 Å². The van der Waals surface area contributed by atoms with Crippen LogP contribution in [0.3, 0.4) is 0 Å². The number of amides is 2. The Morgan fingerprint density at radius 2 is 1.93 bits per heavy atom. The number of hydrogen-bond acceptors (Lipinski definition) is 3. The van der Waals surface area contributed by atoms with Gasteiger partial charge in [-0.1, -0.05) is 32.1 Å². The van der Waals surface area contributed by atoms with Crippen molar-refractivity contribution in [2.24, 2.45) is 17.3 Å². The van der Waals surface area contributed by atoms with Crippen LogP contribution in [0.5, 0.6) is 0 Å². The molecular weight excluding hydrogens is 368 g/mol. The summed E-state index contributed by atoms with van der Waals surface area (Å²) >= 11 is 1.81. The van der Waals surface area contributed by atoms with Gasteiger partial charge in [-0.15, -0.1) is 11.3 Å². The summed E-state index contributed by atoms with van der Waals surface area (Å²) in [5, 5.41) is 4.81. The van der Waals surface area contributed by atoms with Crippen LogP contribution in [-0.2, 0) is 16.0 Å². The highest BCUT2D eigenvalue weighted by atomic mass is 32.1. The predicted octanol–water partition coefficient (Wildman–Crippen LogP) is 4.21. The number of imide groups is 1. The molecule has 4 nitrogen and oxygen atoms in total. The molecule has 5 heteroatoms. The van der Waals surface area contributed by atoms with Crippen LogP contribution < -0.4 is 5.32 Å². The lowest BCUT2D eigenvalue weighted by Crippen LogP contribution is -2.38. The fourth-order valence-corrected chi connectivity index (χ4v) is 6.69. The molecular formula is C23H22N2O2S. The van der Waals surface area contributed by atoms with Crippen LogP contribution in [-0.4, -0.2) is 16.8 Å². The Kier molecular flexibility index (Phi) is 3.16. The first kappa shape index (κ1) is 16.5. The molecule has 6 rings (SSSR count). The molecule has 1 saturated heterocycles. The van der Waals surface area contributed by atoms with Crippen LogP contribution >= 0.6 is 11.3 Å². The Morgan fingerprint density at radius 1 is 1.11 bits per heavy atom. The Morgan fingerprint density at radius 3 is 2.79 bits per heavy atom. The molecule has 0 radical (unpaired) electrons. The third kappa shape index (κ3) is 2.05. The first-order chi connectivity index (χ1) is 13.4. The largest absolute Gasteiger partial charge is 0.358 e. The maximum Gasteiger partial charge on any atom is 0.235 e. The minimum Gasteiger partial charge on any atom is -0.358 e. The summed E-state index contributed by atoms with van der Waals surface area (Å²) in [6, 6.07) is 2.22. The van der Waals surface area contributed by atoms with Crippen molar-refractivity contribution in [2.45, 2.75) is 38.5 Å². The van der Waals surface area contributed by atoms with Gasteiger partial charge in [-0.05, 0) is 47.4 Å². The first-order valence-electron chi connectivity index (χ1n) is 10.00. The number of hydrogen-bond donors (Lipinski definition) is 2. The molecule has 4 atom stereocenters.